The second kappa shape index (κ2) is 8.90. The molecule has 1 aliphatic rings. The van der Waals surface area contributed by atoms with E-state index in [1.807, 2.05) is 29.2 Å². The molecule has 0 bridgehead atoms. The van der Waals surface area contributed by atoms with Crippen LogP contribution in [0.15, 0.2) is 34.9 Å². The van der Waals surface area contributed by atoms with Crippen LogP contribution in [0, 0.1) is 0 Å². The van der Waals surface area contributed by atoms with Gasteiger partial charge in [-0.05, 0) is 49.9 Å². The summed E-state index contributed by atoms with van der Waals surface area (Å²) in [6, 6.07) is 7.56. The molecule has 5 nitrogen and oxygen atoms in total. The van der Waals surface area contributed by atoms with Crippen molar-refractivity contribution >= 4 is 17.5 Å². The second-order valence-corrected chi connectivity index (χ2v) is 6.56. The van der Waals surface area contributed by atoms with Crippen LogP contribution in [0.25, 0.3) is 11.5 Å². The number of piperidine rings is 1. The number of hydrogen-bond donors (Lipinski definition) is 0. The first-order valence-corrected chi connectivity index (χ1v) is 9.31. The van der Waals surface area contributed by atoms with Gasteiger partial charge in [0, 0.05) is 24.5 Å². The van der Waals surface area contributed by atoms with Gasteiger partial charge < -0.3 is 14.1 Å². The molecule has 2 aromatic rings. The average Bonchev–Trinajstić information content (AvgIpc) is 3.12. The Labute approximate surface area is 152 Å². The van der Waals surface area contributed by atoms with E-state index in [1.165, 1.54) is 6.42 Å². The van der Waals surface area contributed by atoms with Crippen molar-refractivity contribution in [2.75, 3.05) is 25.6 Å². The number of benzene rings is 1. The fourth-order valence-electron chi connectivity index (χ4n) is 2.87. The Kier molecular flexibility index (Phi) is 6.34. The third-order valence-corrected chi connectivity index (χ3v) is 4.51. The van der Waals surface area contributed by atoms with Crippen molar-refractivity contribution < 1.29 is 13.9 Å². The number of oxazole rings is 1. The highest BCUT2D eigenvalue weighted by atomic mass is 35.5. The van der Waals surface area contributed by atoms with Gasteiger partial charge >= 0.3 is 0 Å². The van der Waals surface area contributed by atoms with E-state index in [1.54, 1.807) is 6.26 Å². The number of hydrogen-bond acceptors (Lipinski definition) is 4. The number of halogens is 1. The van der Waals surface area contributed by atoms with Crippen LogP contribution >= 0.6 is 11.6 Å². The van der Waals surface area contributed by atoms with Crippen molar-refractivity contribution in [3.8, 4) is 17.2 Å². The molecule has 6 heteroatoms. The Hall–Kier alpha value is -2.01. The minimum Gasteiger partial charge on any atom is -0.494 e. The highest BCUT2D eigenvalue weighted by Gasteiger charge is 2.18. The van der Waals surface area contributed by atoms with Gasteiger partial charge in [-0.15, -0.1) is 11.6 Å². The Balaban J connectivity index is 1.58. The average molecular weight is 363 g/mol. The van der Waals surface area contributed by atoms with Crippen molar-refractivity contribution in [2.45, 2.75) is 32.1 Å². The van der Waals surface area contributed by atoms with Gasteiger partial charge in [-0.1, -0.05) is 0 Å². The summed E-state index contributed by atoms with van der Waals surface area (Å²) in [7, 11) is 0. The van der Waals surface area contributed by atoms with Crippen molar-refractivity contribution in [2.24, 2.45) is 0 Å². The lowest BCUT2D eigenvalue weighted by Gasteiger charge is -2.26. The number of rotatable bonds is 7. The zero-order valence-corrected chi connectivity index (χ0v) is 15.0. The molecular weight excluding hydrogens is 340 g/mol. The van der Waals surface area contributed by atoms with E-state index in [2.05, 4.69) is 4.98 Å². The van der Waals surface area contributed by atoms with Gasteiger partial charge in [0.2, 0.25) is 11.8 Å². The predicted octanol–water partition coefficient (Wildman–Crippen LogP) is 3.90. The summed E-state index contributed by atoms with van der Waals surface area (Å²) >= 11 is 5.63. The van der Waals surface area contributed by atoms with Crippen LogP contribution in [0.1, 0.15) is 31.4 Å². The van der Waals surface area contributed by atoms with Gasteiger partial charge in [-0.25, -0.2) is 4.98 Å². The molecule has 1 amide bonds. The maximum Gasteiger partial charge on any atom is 0.228 e. The molecule has 1 fully saturated rings. The number of carbonyl (C=O) groups excluding carboxylic acids is 1. The molecule has 134 valence electrons. The first kappa shape index (κ1) is 17.8. The predicted molar refractivity (Wildman–Crippen MR) is 96.9 cm³/mol. The van der Waals surface area contributed by atoms with Crippen molar-refractivity contribution in [1.82, 2.24) is 9.88 Å². The molecule has 0 atom stereocenters. The summed E-state index contributed by atoms with van der Waals surface area (Å²) < 4.78 is 11.1. The van der Waals surface area contributed by atoms with Crippen LogP contribution in [0.2, 0.25) is 0 Å². The van der Waals surface area contributed by atoms with Crippen LogP contribution in [0.4, 0.5) is 0 Å². The summed E-state index contributed by atoms with van der Waals surface area (Å²) in [5, 5.41) is 0. The molecule has 1 saturated heterocycles. The molecule has 0 saturated carbocycles. The number of ether oxygens (including phenoxy) is 1. The van der Waals surface area contributed by atoms with E-state index < -0.39 is 0 Å². The maximum atomic E-state index is 12.3. The molecule has 0 unspecified atom stereocenters. The minimum atomic E-state index is 0.127. The number of alkyl halides is 1. The van der Waals surface area contributed by atoms with Crippen LogP contribution in [-0.4, -0.2) is 41.4 Å². The quantitative estimate of drug-likeness (QED) is 0.553. The largest absolute Gasteiger partial charge is 0.494 e. The van der Waals surface area contributed by atoms with Crippen LogP contribution in [0.5, 0.6) is 5.75 Å². The first-order valence-electron chi connectivity index (χ1n) is 8.77. The molecule has 1 aliphatic heterocycles. The Bertz CT molecular complexity index is 678. The van der Waals surface area contributed by atoms with Crippen molar-refractivity contribution in [1.29, 1.82) is 0 Å². The molecule has 2 heterocycles. The summed E-state index contributed by atoms with van der Waals surface area (Å²) in [6.07, 6.45) is 6.08. The zero-order valence-electron chi connectivity index (χ0n) is 14.2. The lowest BCUT2D eigenvalue weighted by Crippen LogP contribution is -2.36. The molecule has 0 spiro atoms. The van der Waals surface area contributed by atoms with Crippen LogP contribution < -0.4 is 4.74 Å². The monoisotopic (exact) mass is 362 g/mol. The van der Waals surface area contributed by atoms with Gasteiger partial charge in [0.05, 0.1) is 18.7 Å². The topological polar surface area (TPSA) is 55.6 Å². The number of likely N-dealkylation sites (tertiary alicyclic amines) is 1. The number of aromatic nitrogens is 1. The molecule has 0 N–H and O–H groups in total. The van der Waals surface area contributed by atoms with Gasteiger partial charge in [-0.3, -0.25) is 4.79 Å². The van der Waals surface area contributed by atoms with Gasteiger partial charge in [-0.2, -0.15) is 0 Å². The smallest absolute Gasteiger partial charge is 0.228 e. The molecule has 1 aromatic carbocycles. The molecule has 0 aliphatic carbocycles. The van der Waals surface area contributed by atoms with Gasteiger partial charge in [0.15, 0.2) is 0 Å². The standard InChI is InChI=1S/C19H23ClN2O3/c20-9-4-12-24-17-7-5-15(6-8-17)19-21-16(14-25-19)13-18(23)22-10-2-1-3-11-22/h5-8,14H,1-4,9-13H2. The minimum absolute atomic E-state index is 0.127. The fourth-order valence-corrected chi connectivity index (χ4v) is 2.98. The van der Waals surface area contributed by atoms with E-state index in [-0.39, 0.29) is 5.91 Å². The molecule has 25 heavy (non-hydrogen) atoms. The molecular formula is C19H23ClN2O3. The maximum absolute atomic E-state index is 12.3. The van der Waals surface area contributed by atoms with E-state index >= 15 is 0 Å². The fraction of sp³-hybridized carbons (Fsp3) is 0.474. The summed E-state index contributed by atoms with van der Waals surface area (Å²) in [4.78, 5) is 18.7. The Morgan fingerprint density at radius 3 is 2.68 bits per heavy atom. The second-order valence-electron chi connectivity index (χ2n) is 6.18. The van der Waals surface area contributed by atoms with E-state index in [9.17, 15) is 4.79 Å². The third kappa shape index (κ3) is 4.98. The van der Waals surface area contributed by atoms with Crippen molar-refractivity contribution in [3.63, 3.8) is 0 Å². The molecule has 1 aromatic heterocycles. The SMILES string of the molecule is O=C(Cc1coc(-c2ccc(OCCCCl)cc2)n1)N1CCCCC1. The molecule has 0 radical (unpaired) electrons. The lowest BCUT2D eigenvalue weighted by molar-refractivity contribution is -0.131. The highest BCUT2D eigenvalue weighted by molar-refractivity contribution is 6.17. The van der Waals surface area contributed by atoms with Gasteiger partial charge in [0.1, 0.15) is 12.0 Å². The van der Waals surface area contributed by atoms with Crippen molar-refractivity contribution in [3.05, 3.63) is 36.2 Å². The summed E-state index contributed by atoms with van der Waals surface area (Å²) in [5.74, 6) is 2.03. The van der Waals surface area contributed by atoms with Crippen LogP contribution in [0.3, 0.4) is 0 Å². The normalized spacial score (nSPS) is 14.5. The number of nitrogens with zero attached hydrogens (tertiary/aromatic N) is 2. The Morgan fingerprint density at radius 1 is 1.20 bits per heavy atom. The molecule has 3 rings (SSSR count). The third-order valence-electron chi connectivity index (χ3n) is 4.24. The zero-order chi connectivity index (χ0) is 17.5. The number of amides is 1. The summed E-state index contributed by atoms with van der Waals surface area (Å²) in [6.45, 7) is 2.31. The Morgan fingerprint density at radius 2 is 1.96 bits per heavy atom. The van der Waals surface area contributed by atoms with E-state index in [4.69, 9.17) is 20.8 Å². The van der Waals surface area contributed by atoms with Crippen LogP contribution in [-0.2, 0) is 11.2 Å². The number of carbonyl (C=O) groups is 1. The van der Waals surface area contributed by atoms with E-state index in [0.717, 1.165) is 43.7 Å². The lowest BCUT2D eigenvalue weighted by atomic mass is 10.1. The van der Waals surface area contributed by atoms with Gasteiger partial charge in [0.25, 0.3) is 0 Å². The first-order chi connectivity index (χ1) is 12.3. The van der Waals surface area contributed by atoms with E-state index in [0.29, 0.717) is 30.5 Å². The highest BCUT2D eigenvalue weighted by Crippen LogP contribution is 2.22. The summed E-state index contributed by atoms with van der Waals surface area (Å²) in [5.41, 5.74) is 1.54.